The van der Waals surface area contributed by atoms with Gasteiger partial charge in [0.15, 0.2) is 5.13 Å². The normalized spacial score (nSPS) is 15.1. The van der Waals surface area contributed by atoms with Crippen molar-refractivity contribution in [2.75, 3.05) is 36.0 Å². The van der Waals surface area contributed by atoms with Crippen LogP contribution in [0.25, 0.3) is 0 Å². The van der Waals surface area contributed by atoms with Gasteiger partial charge in [-0.1, -0.05) is 0 Å². The maximum Gasteiger partial charge on any atom is 0.290 e. The zero-order chi connectivity index (χ0) is 16.6. The number of nitro groups is 1. The van der Waals surface area contributed by atoms with Crippen molar-refractivity contribution in [2.24, 2.45) is 0 Å². The minimum atomic E-state index is -0.392. The topological polar surface area (TPSA) is 75.4 Å². The van der Waals surface area contributed by atoms with E-state index in [2.05, 4.69) is 26.7 Å². The van der Waals surface area contributed by atoms with Crippen LogP contribution < -0.4 is 9.80 Å². The van der Waals surface area contributed by atoms with Crippen LogP contribution in [-0.2, 0) is 0 Å². The summed E-state index contributed by atoms with van der Waals surface area (Å²) in [5, 5.41) is 12.0. The minimum absolute atomic E-state index is 0.0705. The second-order valence-corrected chi connectivity index (χ2v) is 6.88. The van der Waals surface area contributed by atoms with E-state index < -0.39 is 4.92 Å². The van der Waals surface area contributed by atoms with E-state index in [1.807, 2.05) is 6.92 Å². The average molecular weight is 333 g/mol. The van der Waals surface area contributed by atoms with E-state index in [0.29, 0.717) is 5.56 Å². The predicted octanol–water partition coefficient (Wildman–Crippen LogP) is 2.70. The number of aryl methyl sites for hydroxylation is 3. The molecule has 8 heteroatoms. The Labute approximate surface area is 138 Å². The molecule has 0 radical (unpaired) electrons. The molecule has 0 spiro atoms. The second kappa shape index (κ2) is 6.11. The van der Waals surface area contributed by atoms with Crippen molar-refractivity contribution in [1.29, 1.82) is 0 Å². The van der Waals surface area contributed by atoms with Crippen molar-refractivity contribution in [3.8, 4) is 0 Å². The molecule has 122 valence electrons. The molecule has 0 aliphatic carbocycles. The van der Waals surface area contributed by atoms with Gasteiger partial charge in [0.25, 0.3) is 5.69 Å². The molecule has 1 aliphatic heterocycles. The lowest BCUT2D eigenvalue weighted by atomic mass is 10.2. The highest BCUT2D eigenvalue weighted by molar-refractivity contribution is 7.15. The molecular weight excluding hydrogens is 314 g/mol. The fourth-order valence-electron chi connectivity index (χ4n) is 2.62. The van der Waals surface area contributed by atoms with Crippen molar-refractivity contribution in [3.05, 3.63) is 38.5 Å². The molecule has 2 aromatic rings. The molecular formula is C15H19N5O2S. The van der Waals surface area contributed by atoms with Crippen LogP contribution in [0.5, 0.6) is 0 Å². The van der Waals surface area contributed by atoms with E-state index in [0.717, 1.165) is 42.8 Å². The summed E-state index contributed by atoms with van der Waals surface area (Å²) in [6, 6.07) is 1.80. The molecule has 0 aromatic carbocycles. The van der Waals surface area contributed by atoms with Crippen molar-refractivity contribution >= 4 is 28.0 Å². The Kier molecular flexibility index (Phi) is 4.16. The van der Waals surface area contributed by atoms with E-state index in [1.165, 1.54) is 11.1 Å². The van der Waals surface area contributed by atoms with E-state index >= 15 is 0 Å². The molecule has 1 aliphatic rings. The monoisotopic (exact) mass is 333 g/mol. The van der Waals surface area contributed by atoms with Gasteiger partial charge in [-0.2, -0.15) is 0 Å². The van der Waals surface area contributed by atoms with Crippen LogP contribution >= 0.6 is 11.3 Å². The number of aromatic nitrogens is 2. The van der Waals surface area contributed by atoms with Gasteiger partial charge in [0.05, 0.1) is 10.6 Å². The predicted molar refractivity (Wildman–Crippen MR) is 91.6 cm³/mol. The molecule has 1 fully saturated rings. The lowest BCUT2D eigenvalue weighted by Crippen LogP contribution is -2.46. The van der Waals surface area contributed by atoms with E-state index in [-0.39, 0.29) is 5.69 Å². The van der Waals surface area contributed by atoms with Gasteiger partial charge in [0.2, 0.25) is 0 Å². The third-order valence-corrected chi connectivity index (χ3v) is 5.29. The first-order valence-electron chi connectivity index (χ1n) is 7.50. The molecule has 2 aromatic heterocycles. The molecule has 3 heterocycles. The molecule has 7 nitrogen and oxygen atoms in total. The number of hydrogen-bond acceptors (Lipinski definition) is 7. The number of nitrogens with zero attached hydrogens (tertiary/aromatic N) is 5. The van der Waals surface area contributed by atoms with Crippen LogP contribution in [0.3, 0.4) is 0 Å². The molecule has 1 saturated heterocycles. The van der Waals surface area contributed by atoms with Crippen molar-refractivity contribution in [1.82, 2.24) is 9.97 Å². The average Bonchev–Trinajstić information content (AvgIpc) is 2.86. The van der Waals surface area contributed by atoms with Gasteiger partial charge in [0.1, 0.15) is 12.0 Å². The fourth-order valence-corrected chi connectivity index (χ4v) is 3.58. The molecule has 0 atom stereocenters. The molecule has 3 rings (SSSR count). The summed E-state index contributed by atoms with van der Waals surface area (Å²) in [4.78, 5) is 25.1. The first-order chi connectivity index (χ1) is 11.0. The van der Waals surface area contributed by atoms with Gasteiger partial charge in [-0.3, -0.25) is 10.1 Å². The van der Waals surface area contributed by atoms with Gasteiger partial charge >= 0.3 is 0 Å². The highest BCUT2D eigenvalue weighted by atomic mass is 32.1. The molecule has 23 heavy (non-hydrogen) atoms. The summed E-state index contributed by atoms with van der Waals surface area (Å²) in [7, 11) is 0. The van der Waals surface area contributed by atoms with Crippen molar-refractivity contribution < 1.29 is 4.92 Å². The lowest BCUT2D eigenvalue weighted by molar-refractivity contribution is -0.385. The van der Waals surface area contributed by atoms with E-state index in [9.17, 15) is 10.1 Å². The first kappa shape index (κ1) is 15.7. The zero-order valence-corrected chi connectivity index (χ0v) is 14.3. The third kappa shape index (κ3) is 3.12. The van der Waals surface area contributed by atoms with Gasteiger partial charge in [0, 0.05) is 36.6 Å². The Hall–Kier alpha value is -2.22. The van der Waals surface area contributed by atoms with E-state index in [4.69, 9.17) is 0 Å². The van der Waals surface area contributed by atoms with Crippen LogP contribution in [-0.4, -0.2) is 41.1 Å². The first-order valence-corrected chi connectivity index (χ1v) is 8.32. The summed E-state index contributed by atoms with van der Waals surface area (Å²) < 4.78 is 0. The Bertz CT molecular complexity index is 718. The SMILES string of the molecule is Cc1cc(N2CCN(c3nc(C)c(C)s3)CC2)ncc1[N+](=O)[O-]. The molecule has 0 saturated carbocycles. The van der Waals surface area contributed by atoms with Crippen LogP contribution in [0.4, 0.5) is 16.6 Å². The summed E-state index contributed by atoms with van der Waals surface area (Å²) in [5.74, 6) is 0.805. The van der Waals surface area contributed by atoms with Crippen LogP contribution in [0.15, 0.2) is 12.3 Å². The largest absolute Gasteiger partial charge is 0.353 e. The van der Waals surface area contributed by atoms with Gasteiger partial charge in [-0.25, -0.2) is 9.97 Å². The number of anilines is 2. The fraction of sp³-hybridized carbons (Fsp3) is 0.467. The minimum Gasteiger partial charge on any atom is -0.353 e. The number of rotatable bonds is 3. The molecule has 0 unspecified atom stereocenters. The number of pyridine rings is 1. The Morgan fingerprint density at radius 2 is 1.83 bits per heavy atom. The second-order valence-electron chi connectivity index (χ2n) is 5.70. The molecule has 0 N–H and O–H groups in total. The van der Waals surface area contributed by atoms with Crippen molar-refractivity contribution in [2.45, 2.75) is 20.8 Å². The van der Waals surface area contributed by atoms with Crippen LogP contribution in [0.1, 0.15) is 16.1 Å². The van der Waals surface area contributed by atoms with Gasteiger partial charge in [-0.15, -0.1) is 11.3 Å². The molecule has 0 amide bonds. The van der Waals surface area contributed by atoms with Crippen molar-refractivity contribution in [3.63, 3.8) is 0 Å². The van der Waals surface area contributed by atoms with Crippen LogP contribution in [0.2, 0.25) is 0 Å². The summed E-state index contributed by atoms with van der Waals surface area (Å²) in [6.07, 6.45) is 1.35. The van der Waals surface area contributed by atoms with Gasteiger partial charge < -0.3 is 9.80 Å². The summed E-state index contributed by atoms with van der Waals surface area (Å²) in [6.45, 7) is 9.31. The zero-order valence-electron chi connectivity index (χ0n) is 13.4. The number of piperazine rings is 1. The standard InChI is InChI=1S/C15H19N5O2S/c1-10-8-14(16-9-13(10)20(21)22)18-4-6-19(7-5-18)15-17-11(2)12(3)23-15/h8-9H,4-7H2,1-3H3. The Morgan fingerprint density at radius 1 is 1.17 bits per heavy atom. The number of thiazole rings is 1. The quantitative estimate of drug-likeness (QED) is 0.635. The molecule has 0 bridgehead atoms. The number of hydrogen-bond donors (Lipinski definition) is 0. The Morgan fingerprint density at radius 3 is 2.35 bits per heavy atom. The Balaban J connectivity index is 1.69. The highest BCUT2D eigenvalue weighted by Gasteiger charge is 2.22. The summed E-state index contributed by atoms with van der Waals surface area (Å²) in [5.41, 5.74) is 1.81. The van der Waals surface area contributed by atoms with Crippen LogP contribution in [0, 0.1) is 30.9 Å². The summed E-state index contributed by atoms with van der Waals surface area (Å²) >= 11 is 1.73. The smallest absolute Gasteiger partial charge is 0.290 e. The third-order valence-electron chi connectivity index (χ3n) is 4.16. The lowest BCUT2D eigenvalue weighted by Gasteiger charge is -2.35. The highest BCUT2D eigenvalue weighted by Crippen LogP contribution is 2.27. The maximum atomic E-state index is 10.9. The maximum absolute atomic E-state index is 10.9. The van der Waals surface area contributed by atoms with Gasteiger partial charge in [-0.05, 0) is 26.8 Å². The van der Waals surface area contributed by atoms with E-state index in [1.54, 1.807) is 24.3 Å².